The van der Waals surface area contributed by atoms with Crippen molar-refractivity contribution in [3.8, 4) is 0 Å². The van der Waals surface area contributed by atoms with Crippen molar-refractivity contribution in [1.29, 1.82) is 0 Å². The minimum atomic E-state index is 0.379. The monoisotopic (exact) mass is 261 g/mol. The fourth-order valence-corrected chi connectivity index (χ4v) is 2.05. The molecule has 0 aliphatic heterocycles. The minimum absolute atomic E-state index is 0.379. The van der Waals surface area contributed by atoms with Crippen molar-refractivity contribution < 1.29 is 0 Å². The minimum Gasteiger partial charge on any atom is -0.307 e. The van der Waals surface area contributed by atoms with Crippen LogP contribution >= 0.6 is 11.6 Å². The van der Waals surface area contributed by atoms with Gasteiger partial charge in [0.25, 0.3) is 0 Å². The van der Waals surface area contributed by atoms with Gasteiger partial charge in [-0.05, 0) is 18.6 Å². The lowest BCUT2D eigenvalue weighted by Crippen LogP contribution is -2.00. The summed E-state index contributed by atoms with van der Waals surface area (Å²) in [7, 11) is 0. The molecule has 0 bridgehead atoms. The molecule has 3 rings (SSSR count). The van der Waals surface area contributed by atoms with Crippen molar-refractivity contribution in [2.75, 3.05) is 0 Å². The lowest BCUT2D eigenvalue weighted by Gasteiger charge is -1.94. The van der Waals surface area contributed by atoms with E-state index in [-0.39, 0.29) is 0 Å². The summed E-state index contributed by atoms with van der Waals surface area (Å²) in [6.07, 6.45) is 5.83. The summed E-state index contributed by atoms with van der Waals surface area (Å²) in [5, 5.41) is 7.96. The van der Waals surface area contributed by atoms with Crippen molar-refractivity contribution in [2.45, 2.75) is 19.3 Å². The summed E-state index contributed by atoms with van der Waals surface area (Å²) >= 11 is 5.69. The number of nitrogens with zero attached hydrogens (tertiary/aromatic N) is 5. The maximum absolute atomic E-state index is 5.69. The second-order valence-electron chi connectivity index (χ2n) is 4.20. The number of pyridine rings is 1. The highest BCUT2D eigenvalue weighted by Gasteiger charge is 2.06. The highest BCUT2D eigenvalue weighted by Crippen LogP contribution is 2.10. The zero-order valence-corrected chi connectivity index (χ0v) is 10.7. The molecular weight excluding hydrogens is 250 g/mol. The highest BCUT2D eigenvalue weighted by molar-refractivity contribution is 6.16. The zero-order valence-electron chi connectivity index (χ0n) is 9.91. The van der Waals surface area contributed by atoms with Crippen molar-refractivity contribution >= 4 is 17.2 Å². The Kier molecular flexibility index (Phi) is 2.76. The third kappa shape index (κ3) is 1.97. The Bertz CT molecular complexity index is 685. The van der Waals surface area contributed by atoms with Gasteiger partial charge in [0.05, 0.1) is 30.0 Å². The van der Waals surface area contributed by atoms with Crippen LogP contribution in [-0.2, 0) is 12.4 Å². The van der Waals surface area contributed by atoms with E-state index in [1.54, 1.807) is 4.68 Å². The van der Waals surface area contributed by atoms with Gasteiger partial charge in [-0.25, -0.2) is 9.67 Å². The van der Waals surface area contributed by atoms with Gasteiger partial charge in [0.15, 0.2) is 0 Å². The Morgan fingerprint density at radius 1 is 1.28 bits per heavy atom. The number of rotatable bonds is 3. The second kappa shape index (κ2) is 4.42. The van der Waals surface area contributed by atoms with Crippen LogP contribution < -0.4 is 0 Å². The fourth-order valence-electron chi connectivity index (χ4n) is 1.92. The molecule has 0 unspecified atom stereocenters. The van der Waals surface area contributed by atoms with Crippen LogP contribution in [0.1, 0.15) is 17.0 Å². The number of alkyl halides is 1. The lowest BCUT2D eigenvalue weighted by molar-refractivity contribution is 0.641. The molecule has 0 fully saturated rings. The Morgan fingerprint density at radius 3 is 2.89 bits per heavy atom. The van der Waals surface area contributed by atoms with E-state index in [1.165, 1.54) is 0 Å². The lowest BCUT2D eigenvalue weighted by atomic mass is 10.3. The summed E-state index contributed by atoms with van der Waals surface area (Å²) in [4.78, 5) is 4.58. The van der Waals surface area contributed by atoms with E-state index < -0.39 is 0 Å². The van der Waals surface area contributed by atoms with Crippen LogP contribution in [0.2, 0.25) is 0 Å². The Balaban J connectivity index is 1.93. The smallest absolute Gasteiger partial charge is 0.140 e. The molecule has 3 aromatic rings. The standard InChI is InChI=1S/C12H12ClN5/c1-9-3-2-4-17-6-11(14-12(9)17)8-18-7-10(5-13)15-16-18/h2-4,6-7H,5,8H2,1H3. The van der Waals surface area contributed by atoms with Gasteiger partial charge in [-0.2, -0.15) is 0 Å². The van der Waals surface area contributed by atoms with Crippen LogP contribution in [-0.4, -0.2) is 24.4 Å². The largest absolute Gasteiger partial charge is 0.307 e. The maximum atomic E-state index is 5.69. The van der Waals surface area contributed by atoms with Gasteiger partial charge >= 0.3 is 0 Å². The predicted molar refractivity (Wildman–Crippen MR) is 68.6 cm³/mol. The molecule has 0 saturated heterocycles. The Hall–Kier alpha value is -1.88. The molecule has 18 heavy (non-hydrogen) atoms. The van der Waals surface area contributed by atoms with E-state index in [4.69, 9.17) is 11.6 Å². The van der Waals surface area contributed by atoms with Gasteiger partial charge in [-0.15, -0.1) is 16.7 Å². The molecule has 92 valence electrons. The molecule has 5 nitrogen and oxygen atoms in total. The molecule has 3 aromatic heterocycles. The molecule has 0 N–H and O–H groups in total. The third-order valence-corrected chi connectivity index (χ3v) is 3.05. The van der Waals surface area contributed by atoms with Crippen molar-refractivity contribution in [2.24, 2.45) is 0 Å². The average Bonchev–Trinajstić information content (AvgIpc) is 2.96. The maximum Gasteiger partial charge on any atom is 0.140 e. The second-order valence-corrected chi connectivity index (χ2v) is 4.46. The van der Waals surface area contributed by atoms with Gasteiger partial charge in [-0.1, -0.05) is 11.3 Å². The zero-order chi connectivity index (χ0) is 12.5. The van der Waals surface area contributed by atoms with E-state index in [0.717, 1.165) is 22.6 Å². The Morgan fingerprint density at radius 2 is 2.17 bits per heavy atom. The van der Waals surface area contributed by atoms with Crippen LogP contribution in [0.15, 0.2) is 30.7 Å². The van der Waals surface area contributed by atoms with E-state index in [2.05, 4.69) is 15.3 Å². The molecule has 6 heteroatoms. The normalized spacial score (nSPS) is 11.2. The fraction of sp³-hybridized carbons (Fsp3) is 0.250. The number of fused-ring (bicyclic) bond motifs is 1. The number of hydrogen-bond donors (Lipinski definition) is 0. The molecule has 0 spiro atoms. The molecule has 0 saturated carbocycles. The summed E-state index contributed by atoms with van der Waals surface area (Å²) < 4.78 is 3.76. The Labute approximate surface area is 109 Å². The van der Waals surface area contributed by atoms with Gasteiger partial charge in [0, 0.05) is 12.4 Å². The summed E-state index contributed by atoms with van der Waals surface area (Å²) in [6, 6.07) is 4.06. The first-order chi connectivity index (χ1) is 8.76. The summed E-state index contributed by atoms with van der Waals surface area (Å²) in [5.41, 5.74) is 3.86. The number of aromatic nitrogens is 5. The van der Waals surface area contributed by atoms with E-state index in [1.807, 2.05) is 42.0 Å². The molecule has 0 radical (unpaired) electrons. The van der Waals surface area contributed by atoms with Crippen LogP contribution in [0.4, 0.5) is 0 Å². The first kappa shape index (κ1) is 11.2. The van der Waals surface area contributed by atoms with Crippen molar-refractivity contribution in [3.63, 3.8) is 0 Å². The molecule has 0 atom stereocenters. The quantitative estimate of drug-likeness (QED) is 0.678. The van der Waals surface area contributed by atoms with Crippen LogP contribution in [0, 0.1) is 6.92 Å². The van der Waals surface area contributed by atoms with Crippen LogP contribution in [0.3, 0.4) is 0 Å². The SMILES string of the molecule is Cc1cccn2cc(Cn3cc(CCl)nn3)nc12. The molecule has 0 aliphatic carbocycles. The van der Waals surface area contributed by atoms with Gasteiger partial charge in [-0.3, -0.25) is 0 Å². The number of halogens is 1. The van der Waals surface area contributed by atoms with E-state index >= 15 is 0 Å². The van der Waals surface area contributed by atoms with Gasteiger partial charge in [0.1, 0.15) is 5.65 Å². The predicted octanol–water partition coefficient (Wildman–Crippen LogP) is 2.02. The van der Waals surface area contributed by atoms with Crippen LogP contribution in [0.5, 0.6) is 0 Å². The molecular formula is C12H12ClN5. The number of aryl methyl sites for hydroxylation is 1. The van der Waals surface area contributed by atoms with E-state index in [9.17, 15) is 0 Å². The van der Waals surface area contributed by atoms with E-state index in [0.29, 0.717) is 12.4 Å². The molecule has 0 aliphatic rings. The molecule has 0 aromatic carbocycles. The van der Waals surface area contributed by atoms with Gasteiger partial charge < -0.3 is 4.40 Å². The highest BCUT2D eigenvalue weighted by atomic mass is 35.5. The molecule has 0 amide bonds. The topological polar surface area (TPSA) is 48.0 Å². The summed E-state index contributed by atoms with van der Waals surface area (Å²) in [5.74, 6) is 0.379. The van der Waals surface area contributed by atoms with Crippen molar-refractivity contribution in [1.82, 2.24) is 24.4 Å². The number of imidazole rings is 1. The van der Waals surface area contributed by atoms with Gasteiger partial charge in [0.2, 0.25) is 0 Å². The average molecular weight is 262 g/mol. The number of hydrogen-bond acceptors (Lipinski definition) is 3. The third-order valence-electron chi connectivity index (χ3n) is 2.77. The van der Waals surface area contributed by atoms with Crippen molar-refractivity contribution in [3.05, 3.63) is 47.7 Å². The van der Waals surface area contributed by atoms with Crippen LogP contribution in [0.25, 0.3) is 5.65 Å². The first-order valence-corrected chi connectivity index (χ1v) is 6.18. The first-order valence-electron chi connectivity index (χ1n) is 5.64. The molecule has 3 heterocycles. The summed E-state index contributed by atoms with van der Waals surface area (Å²) in [6.45, 7) is 2.65.